The smallest absolute Gasteiger partial charge is 0.414 e. The third kappa shape index (κ3) is 15.7. The molecular formula is C40H54N10O5. The maximum absolute atomic E-state index is 9.69. The van der Waals surface area contributed by atoms with E-state index in [1.807, 2.05) is 86.5 Å². The van der Waals surface area contributed by atoms with Gasteiger partial charge < -0.3 is 45.1 Å². The van der Waals surface area contributed by atoms with Crippen LogP contribution in [-0.2, 0) is 22.7 Å². The van der Waals surface area contributed by atoms with Gasteiger partial charge in [-0.3, -0.25) is 0 Å². The lowest BCUT2D eigenvalue weighted by Crippen LogP contribution is -2.32. The number of aromatic nitrogens is 2. The van der Waals surface area contributed by atoms with Gasteiger partial charge in [-0.1, -0.05) is 60.7 Å². The molecule has 0 unspecified atom stereocenters. The number of hydrogen-bond donors (Lipinski definition) is 2. The minimum Gasteiger partial charge on any atom is -0.473 e. The molecule has 0 fully saturated rings. The lowest BCUT2D eigenvalue weighted by atomic mass is 10.1. The van der Waals surface area contributed by atoms with E-state index in [2.05, 4.69) is 94.2 Å². The fourth-order valence-corrected chi connectivity index (χ4v) is 5.09. The van der Waals surface area contributed by atoms with Gasteiger partial charge in [0.1, 0.15) is 34.9 Å². The first-order valence-corrected chi connectivity index (χ1v) is 17.2. The zero-order valence-corrected chi connectivity index (χ0v) is 33.0. The number of benzene rings is 2. The van der Waals surface area contributed by atoms with Crippen LogP contribution < -0.4 is 19.6 Å². The van der Waals surface area contributed by atoms with Crippen LogP contribution in [0.4, 0.5) is 23.0 Å². The molecule has 0 spiro atoms. The van der Waals surface area contributed by atoms with Crippen molar-refractivity contribution in [2.45, 2.75) is 13.1 Å². The van der Waals surface area contributed by atoms with E-state index in [1.54, 1.807) is 12.4 Å². The Hall–Kier alpha value is -6.26. The topological polar surface area (TPSA) is 199 Å². The first-order valence-electron chi connectivity index (χ1n) is 17.2. The molecule has 0 amide bonds. The summed E-state index contributed by atoms with van der Waals surface area (Å²) in [5, 5.41) is 34.2. The molecule has 4 N–H and O–H groups in total. The van der Waals surface area contributed by atoms with Gasteiger partial charge in [-0.25, -0.2) is 19.6 Å². The van der Waals surface area contributed by atoms with Crippen LogP contribution in [0.15, 0.2) is 85.2 Å². The van der Waals surface area contributed by atoms with Gasteiger partial charge in [0.05, 0.1) is 11.4 Å². The predicted molar refractivity (Wildman–Crippen MR) is 218 cm³/mol. The highest BCUT2D eigenvalue weighted by Crippen LogP contribution is 2.28. The molecule has 4 rings (SSSR count). The predicted octanol–water partition coefficient (Wildman–Crippen LogP) is 3.51. The maximum Gasteiger partial charge on any atom is 0.414 e. The zero-order valence-electron chi connectivity index (χ0n) is 33.0. The summed E-state index contributed by atoms with van der Waals surface area (Å²) in [6.07, 6.45) is 3.55. The number of pyridine rings is 2. The number of aliphatic carboxylic acids is 2. The van der Waals surface area contributed by atoms with E-state index in [1.165, 1.54) is 11.1 Å². The fraction of sp³-hybridized carbons (Fsp3) is 0.350. The number of rotatable bonds is 14. The fourth-order valence-electron chi connectivity index (χ4n) is 5.09. The quantitative estimate of drug-likeness (QED) is 0.177. The number of anilines is 4. The van der Waals surface area contributed by atoms with Crippen LogP contribution in [-0.4, -0.2) is 130 Å². The average molecular weight is 755 g/mol. The lowest BCUT2D eigenvalue weighted by Gasteiger charge is -2.27. The van der Waals surface area contributed by atoms with Crippen LogP contribution in [0.1, 0.15) is 22.3 Å². The summed E-state index contributed by atoms with van der Waals surface area (Å²) in [4.78, 5) is 39.8. The van der Waals surface area contributed by atoms with Gasteiger partial charge >= 0.3 is 11.9 Å². The SMILES string of the molecule is CN(C)CCN(Cc1ccccc1)c1nccc(N(C)C)c1C#N.CN(C)CCN(Cc1ccccc1)c1nccc(N(C)C)c1C#N.O.O=C(O)C(=O)O. The number of carbonyl (C=O) groups is 2. The summed E-state index contributed by atoms with van der Waals surface area (Å²) >= 11 is 0. The molecule has 0 radical (unpaired) electrons. The normalized spacial score (nSPS) is 9.96. The molecule has 2 aromatic carbocycles. The van der Waals surface area contributed by atoms with E-state index in [0.717, 1.165) is 62.3 Å². The molecule has 0 atom stereocenters. The van der Waals surface area contributed by atoms with Gasteiger partial charge in [-0.2, -0.15) is 10.5 Å². The Morgan fingerprint density at radius 1 is 0.564 bits per heavy atom. The van der Waals surface area contributed by atoms with Crippen molar-refractivity contribution in [1.29, 1.82) is 10.5 Å². The first-order chi connectivity index (χ1) is 25.7. The Bertz CT molecular complexity index is 1710. The first kappa shape index (κ1) is 46.8. The Balaban J connectivity index is 0.000000472. The van der Waals surface area contributed by atoms with Gasteiger partial charge in [0.15, 0.2) is 0 Å². The number of carboxylic acids is 2. The molecule has 2 aromatic heterocycles. The summed E-state index contributed by atoms with van der Waals surface area (Å²) in [6, 6.07) is 29.0. The van der Waals surface area contributed by atoms with Crippen LogP contribution in [0.5, 0.6) is 0 Å². The number of carboxylic acid groups (broad SMARTS) is 2. The molecule has 0 aliphatic carbocycles. The Kier molecular flexibility index (Phi) is 20.5. The monoisotopic (exact) mass is 754 g/mol. The standard InChI is InChI=1S/2C19H25N5.C2H2O4.H2O/c2*1-22(2)12-13-24(15-16-8-6-5-7-9-16)19-17(14-20)18(23(3)4)10-11-21-19;3-1(4)2(5)6;/h2*5-11H,12-13,15H2,1-4H3;(H,3,4)(H,5,6);1H2. The number of nitrogens with zero attached hydrogens (tertiary/aromatic N) is 10. The Labute approximate surface area is 324 Å². The van der Waals surface area contributed by atoms with Crippen LogP contribution in [0.2, 0.25) is 0 Å². The van der Waals surface area contributed by atoms with Crippen molar-refractivity contribution in [3.63, 3.8) is 0 Å². The molecule has 294 valence electrons. The van der Waals surface area contributed by atoms with E-state index in [9.17, 15) is 10.5 Å². The molecule has 2 heterocycles. The second kappa shape index (κ2) is 24.1. The number of nitriles is 2. The summed E-state index contributed by atoms with van der Waals surface area (Å²) in [5.41, 5.74) is 5.44. The minimum atomic E-state index is -1.82. The molecule has 4 aromatic rings. The number of hydrogen-bond acceptors (Lipinski definition) is 12. The van der Waals surface area contributed by atoms with Crippen molar-refractivity contribution >= 4 is 34.9 Å². The van der Waals surface area contributed by atoms with Crippen molar-refractivity contribution in [2.24, 2.45) is 0 Å². The minimum absolute atomic E-state index is 0. The van der Waals surface area contributed by atoms with Crippen LogP contribution in [0.3, 0.4) is 0 Å². The summed E-state index contributed by atoms with van der Waals surface area (Å²) in [7, 11) is 16.0. The molecule has 0 aliphatic rings. The van der Waals surface area contributed by atoms with Gasteiger partial charge in [0, 0.05) is 79.9 Å². The molecule has 15 nitrogen and oxygen atoms in total. The average Bonchev–Trinajstić information content (AvgIpc) is 3.15. The molecule has 0 aliphatic heterocycles. The summed E-state index contributed by atoms with van der Waals surface area (Å²) in [6.45, 7) is 4.86. The molecule has 15 heteroatoms. The van der Waals surface area contributed by atoms with Gasteiger partial charge in [-0.15, -0.1) is 0 Å². The Morgan fingerprint density at radius 2 is 0.891 bits per heavy atom. The van der Waals surface area contributed by atoms with Crippen molar-refractivity contribution in [3.8, 4) is 12.1 Å². The van der Waals surface area contributed by atoms with Crippen molar-refractivity contribution < 1.29 is 25.3 Å². The van der Waals surface area contributed by atoms with Crippen molar-refractivity contribution in [2.75, 3.05) is 102 Å². The van der Waals surface area contributed by atoms with Crippen molar-refractivity contribution in [1.82, 2.24) is 19.8 Å². The maximum atomic E-state index is 9.69. The van der Waals surface area contributed by atoms with E-state index in [-0.39, 0.29) is 5.48 Å². The second-order valence-electron chi connectivity index (χ2n) is 13.1. The molecule has 0 saturated heterocycles. The largest absolute Gasteiger partial charge is 0.473 e. The third-order valence-electron chi connectivity index (χ3n) is 7.85. The summed E-state index contributed by atoms with van der Waals surface area (Å²) < 4.78 is 0. The molecular weight excluding hydrogens is 701 g/mol. The van der Waals surface area contributed by atoms with Gasteiger partial charge in [0.25, 0.3) is 0 Å². The molecule has 0 bridgehead atoms. The van der Waals surface area contributed by atoms with E-state index < -0.39 is 11.9 Å². The van der Waals surface area contributed by atoms with Crippen LogP contribution >= 0.6 is 0 Å². The van der Waals surface area contributed by atoms with E-state index >= 15 is 0 Å². The zero-order chi connectivity index (χ0) is 40.2. The third-order valence-corrected chi connectivity index (χ3v) is 7.85. The lowest BCUT2D eigenvalue weighted by molar-refractivity contribution is -0.159. The highest BCUT2D eigenvalue weighted by Gasteiger charge is 2.19. The van der Waals surface area contributed by atoms with E-state index in [0.29, 0.717) is 11.1 Å². The molecule has 55 heavy (non-hydrogen) atoms. The second-order valence-corrected chi connectivity index (χ2v) is 13.1. The van der Waals surface area contributed by atoms with Crippen LogP contribution in [0, 0.1) is 22.7 Å². The highest BCUT2D eigenvalue weighted by atomic mass is 16.4. The Morgan fingerprint density at radius 3 is 1.15 bits per heavy atom. The van der Waals surface area contributed by atoms with Gasteiger partial charge in [0.2, 0.25) is 0 Å². The summed E-state index contributed by atoms with van der Waals surface area (Å²) in [5.74, 6) is -2.16. The molecule has 0 saturated carbocycles. The van der Waals surface area contributed by atoms with E-state index in [4.69, 9.17) is 19.8 Å². The van der Waals surface area contributed by atoms with Crippen molar-refractivity contribution in [3.05, 3.63) is 107 Å². The van der Waals surface area contributed by atoms with Gasteiger partial charge in [-0.05, 0) is 51.5 Å². The van der Waals surface area contributed by atoms with Crippen LogP contribution in [0.25, 0.3) is 0 Å². The number of likely N-dealkylation sites (N-methyl/N-ethyl adjacent to an activating group) is 2. The highest BCUT2D eigenvalue weighted by molar-refractivity contribution is 6.27.